The largest absolute Gasteiger partial charge is 0.396 e. The summed E-state index contributed by atoms with van der Waals surface area (Å²) in [6.07, 6.45) is 4.44. The van der Waals surface area contributed by atoms with Gasteiger partial charge in [0, 0.05) is 37.5 Å². The molecule has 0 unspecified atom stereocenters. The van der Waals surface area contributed by atoms with Crippen molar-refractivity contribution in [3.8, 4) is 0 Å². The third-order valence-electron chi connectivity index (χ3n) is 2.20. The van der Waals surface area contributed by atoms with E-state index in [1.54, 1.807) is 0 Å². The molecule has 4 heteroatoms. The molecule has 2 aromatic heterocycles. The highest BCUT2D eigenvalue weighted by Gasteiger charge is 2.03. The van der Waals surface area contributed by atoms with E-state index >= 15 is 0 Å². The summed E-state index contributed by atoms with van der Waals surface area (Å²) >= 11 is 0. The molecule has 0 atom stereocenters. The highest BCUT2D eigenvalue weighted by Crippen LogP contribution is 2.10. The molecule has 0 saturated carbocycles. The Balaban J connectivity index is 2.52. The average molecular weight is 191 g/mol. The van der Waals surface area contributed by atoms with E-state index in [9.17, 15) is 0 Å². The number of pyridine rings is 1. The summed E-state index contributed by atoms with van der Waals surface area (Å²) in [5.41, 5.74) is 8.41. The zero-order valence-corrected chi connectivity index (χ0v) is 7.85. The predicted molar refractivity (Wildman–Crippen MR) is 53.9 cm³/mol. The van der Waals surface area contributed by atoms with Crippen LogP contribution in [0.1, 0.15) is 11.3 Å². The van der Waals surface area contributed by atoms with Crippen molar-refractivity contribution in [1.29, 1.82) is 0 Å². The highest BCUT2D eigenvalue weighted by atomic mass is 16.3. The van der Waals surface area contributed by atoms with Gasteiger partial charge in [0.05, 0.1) is 5.69 Å². The van der Waals surface area contributed by atoms with E-state index in [4.69, 9.17) is 10.8 Å². The first-order valence-corrected chi connectivity index (χ1v) is 4.61. The summed E-state index contributed by atoms with van der Waals surface area (Å²) in [7, 11) is 0. The molecule has 74 valence electrons. The van der Waals surface area contributed by atoms with E-state index in [1.807, 2.05) is 28.9 Å². The maximum absolute atomic E-state index is 8.80. The molecule has 2 heterocycles. The van der Waals surface area contributed by atoms with Crippen LogP contribution >= 0.6 is 0 Å². The maximum atomic E-state index is 8.80. The van der Waals surface area contributed by atoms with Crippen LogP contribution < -0.4 is 5.73 Å². The van der Waals surface area contributed by atoms with Gasteiger partial charge >= 0.3 is 0 Å². The number of imidazole rings is 1. The number of aliphatic hydroxyl groups is 1. The Hall–Kier alpha value is -1.39. The molecule has 0 amide bonds. The molecule has 0 aromatic carbocycles. The topological polar surface area (TPSA) is 63.5 Å². The molecule has 0 bridgehead atoms. The summed E-state index contributed by atoms with van der Waals surface area (Å²) in [6.45, 7) is 0.613. The van der Waals surface area contributed by atoms with E-state index in [0.29, 0.717) is 13.0 Å². The van der Waals surface area contributed by atoms with Crippen molar-refractivity contribution in [2.24, 2.45) is 5.73 Å². The molecule has 3 N–H and O–H groups in total. The second kappa shape index (κ2) is 3.77. The van der Waals surface area contributed by atoms with Crippen LogP contribution in [0.15, 0.2) is 24.5 Å². The minimum atomic E-state index is 0.127. The third kappa shape index (κ3) is 1.49. The minimum Gasteiger partial charge on any atom is -0.396 e. The zero-order valence-electron chi connectivity index (χ0n) is 7.85. The lowest BCUT2D eigenvalue weighted by atomic mass is 10.3. The van der Waals surface area contributed by atoms with Gasteiger partial charge in [-0.15, -0.1) is 0 Å². The number of fused-ring (bicyclic) bond motifs is 1. The minimum absolute atomic E-state index is 0.127. The Kier molecular flexibility index (Phi) is 2.47. The van der Waals surface area contributed by atoms with Gasteiger partial charge < -0.3 is 15.2 Å². The van der Waals surface area contributed by atoms with Gasteiger partial charge in [0.2, 0.25) is 0 Å². The monoisotopic (exact) mass is 191 g/mol. The molecule has 14 heavy (non-hydrogen) atoms. The Bertz CT molecular complexity index is 436. The van der Waals surface area contributed by atoms with Crippen molar-refractivity contribution in [2.75, 3.05) is 6.61 Å². The van der Waals surface area contributed by atoms with Crippen LogP contribution in [-0.2, 0) is 13.0 Å². The number of aromatic nitrogens is 2. The summed E-state index contributed by atoms with van der Waals surface area (Å²) in [4.78, 5) is 4.40. The van der Waals surface area contributed by atoms with E-state index in [-0.39, 0.29) is 6.61 Å². The van der Waals surface area contributed by atoms with E-state index in [0.717, 1.165) is 16.9 Å². The Morgan fingerprint density at radius 1 is 1.50 bits per heavy atom. The summed E-state index contributed by atoms with van der Waals surface area (Å²) < 4.78 is 1.94. The fraction of sp³-hybridized carbons (Fsp3) is 0.300. The van der Waals surface area contributed by atoms with Crippen LogP contribution in [0.25, 0.3) is 5.65 Å². The molecule has 2 aromatic rings. The van der Waals surface area contributed by atoms with Crippen molar-refractivity contribution in [3.63, 3.8) is 0 Å². The van der Waals surface area contributed by atoms with Crippen LogP contribution in [0.3, 0.4) is 0 Å². The lowest BCUT2D eigenvalue weighted by molar-refractivity contribution is 0.298. The Morgan fingerprint density at radius 3 is 3.07 bits per heavy atom. The van der Waals surface area contributed by atoms with Crippen molar-refractivity contribution in [2.45, 2.75) is 13.0 Å². The molecular formula is C10H13N3O. The molecule has 4 nitrogen and oxygen atoms in total. The van der Waals surface area contributed by atoms with Crippen molar-refractivity contribution in [1.82, 2.24) is 9.38 Å². The first-order chi connectivity index (χ1) is 6.85. The van der Waals surface area contributed by atoms with E-state index < -0.39 is 0 Å². The summed E-state index contributed by atoms with van der Waals surface area (Å²) in [5.74, 6) is 0. The van der Waals surface area contributed by atoms with Gasteiger partial charge in [-0.25, -0.2) is 4.98 Å². The van der Waals surface area contributed by atoms with Crippen LogP contribution in [0.2, 0.25) is 0 Å². The quantitative estimate of drug-likeness (QED) is 0.734. The fourth-order valence-corrected chi connectivity index (χ4v) is 1.52. The molecule has 0 aliphatic heterocycles. The molecule has 0 saturated heterocycles. The van der Waals surface area contributed by atoms with Gasteiger partial charge in [-0.1, -0.05) is 6.07 Å². The SMILES string of the molecule is NCc1cccn2cc(CCO)nc12. The molecule has 0 spiro atoms. The number of nitrogens with zero attached hydrogens (tertiary/aromatic N) is 2. The van der Waals surface area contributed by atoms with Gasteiger partial charge in [0.1, 0.15) is 5.65 Å². The Labute approximate surface area is 82.0 Å². The average Bonchev–Trinajstić information content (AvgIpc) is 2.60. The normalized spacial score (nSPS) is 11.0. The third-order valence-corrected chi connectivity index (χ3v) is 2.20. The number of nitrogens with two attached hydrogens (primary N) is 1. The number of aliphatic hydroxyl groups excluding tert-OH is 1. The van der Waals surface area contributed by atoms with E-state index in [2.05, 4.69) is 4.98 Å². The number of rotatable bonds is 3. The van der Waals surface area contributed by atoms with Gasteiger partial charge in [-0.05, 0) is 6.07 Å². The standard InChI is InChI=1S/C10H13N3O/c11-6-8-2-1-4-13-7-9(3-5-14)12-10(8)13/h1-2,4,7,14H,3,5-6,11H2. The predicted octanol–water partition coefficient (Wildman–Crippen LogP) is 0.328. The van der Waals surface area contributed by atoms with E-state index in [1.165, 1.54) is 0 Å². The number of hydrogen-bond donors (Lipinski definition) is 2. The lowest BCUT2D eigenvalue weighted by Crippen LogP contribution is -1.99. The van der Waals surface area contributed by atoms with Crippen LogP contribution in [0.4, 0.5) is 0 Å². The second-order valence-electron chi connectivity index (χ2n) is 3.17. The molecule has 0 radical (unpaired) electrons. The smallest absolute Gasteiger partial charge is 0.141 e. The van der Waals surface area contributed by atoms with Crippen LogP contribution in [0, 0.1) is 0 Å². The van der Waals surface area contributed by atoms with Gasteiger partial charge in [-0.3, -0.25) is 0 Å². The molecule has 0 fully saturated rings. The van der Waals surface area contributed by atoms with Gasteiger partial charge in [0.25, 0.3) is 0 Å². The molecule has 2 rings (SSSR count). The summed E-state index contributed by atoms with van der Waals surface area (Å²) in [6, 6.07) is 3.91. The zero-order chi connectivity index (χ0) is 9.97. The maximum Gasteiger partial charge on any atom is 0.141 e. The second-order valence-corrected chi connectivity index (χ2v) is 3.17. The van der Waals surface area contributed by atoms with Gasteiger partial charge in [0.15, 0.2) is 0 Å². The number of hydrogen-bond acceptors (Lipinski definition) is 3. The molecule has 0 aliphatic rings. The Morgan fingerprint density at radius 2 is 2.36 bits per heavy atom. The fourth-order valence-electron chi connectivity index (χ4n) is 1.52. The first-order valence-electron chi connectivity index (χ1n) is 4.61. The molecule has 0 aliphatic carbocycles. The first kappa shape index (κ1) is 9.18. The van der Waals surface area contributed by atoms with Gasteiger partial charge in [-0.2, -0.15) is 0 Å². The lowest BCUT2D eigenvalue weighted by Gasteiger charge is -1.97. The van der Waals surface area contributed by atoms with Crippen molar-refractivity contribution < 1.29 is 5.11 Å². The van der Waals surface area contributed by atoms with Crippen molar-refractivity contribution >= 4 is 5.65 Å². The molecular weight excluding hydrogens is 178 g/mol. The van der Waals surface area contributed by atoms with Crippen LogP contribution in [0.5, 0.6) is 0 Å². The van der Waals surface area contributed by atoms with Crippen LogP contribution in [-0.4, -0.2) is 21.1 Å². The van der Waals surface area contributed by atoms with Crippen molar-refractivity contribution in [3.05, 3.63) is 35.8 Å². The summed E-state index contributed by atoms with van der Waals surface area (Å²) in [5, 5.41) is 8.80. The highest BCUT2D eigenvalue weighted by molar-refractivity contribution is 5.48.